The molecule has 3 aromatic rings. The number of carbonyl (C=O) groups is 1. The van der Waals surface area contributed by atoms with Crippen LogP contribution in [0.2, 0.25) is 0 Å². The summed E-state index contributed by atoms with van der Waals surface area (Å²) in [4.78, 5) is 15.1. The number of methoxy groups -OCH3 is 1. The zero-order chi connectivity index (χ0) is 18.3. The molecule has 0 saturated carbocycles. The zero-order valence-corrected chi connectivity index (χ0v) is 17.1. The summed E-state index contributed by atoms with van der Waals surface area (Å²) in [5.74, 6) is -0.236. The summed E-state index contributed by atoms with van der Waals surface area (Å²) in [5, 5.41) is 9.27. The second-order valence-electron chi connectivity index (χ2n) is 6.07. The Hall–Kier alpha value is -1.99. The number of hydrogen-bond acceptors (Lipinski definition) is 2. The van der Waals surface area contributed by atoms with Gasteiger partial charge in [-0.1, -0.05) is 36.4 Å². The number of rotatable bonds is 4. The molecule has 3 aromatic carbocycles. The monoisotopic (exact) mass is 476 g/mol. The number of carboxylic acids is 1. The van der Waals surface area contributed by atoms with Crippen molar-refractivity contribution in [2.75, 3.05) is 7.11 Å². The third kappa shape index (κ3) is 2.61. The molecule has 0 spiro atoms. The quantitative estimate of drug-likeness (QED) is 0.475. The first-order valence-corrected chi connectivity index (χ1v) is 12.3. The van der Waals surface area contributed by atoms with E-state index in [1.54, 1.807) is 7.11 Å². The van der Waals surface area contributed by atoms with Crippen molar-refractivity contribution in [3.63, 3.8) is 0 Å². The molecular weight excluding hydrogens is 459 g/mol. The number of ether oxygens (including phenoxy) is 1. The molecule has 0 bridgehead atoms. The molecule has 1 aliphatic heterocycles. The van der Waals surface area contributed by atoms with Crippen LogP contribution in [0.1, 0.15) is 5.56 Å². The lowest BCUT2D eigenvalue weighted by Gasteiger charge is -2.32. The van der Waals surface area contributed by atoms with Crippen LogP contribution in [0.15, 0.2) is 81.4 Å². The molecule has 1 heterocycles. The molecule has 1 aliphatic rings. The van der Waals surface area contributed by atoms with Gasteiger partial charge >= 0.3 is 5.97 Å². The van der Waals surface area contributed by atoms with Crippen LogP contribution < -0.4 is 4.74 Å². The first-order valence-electron chi connectivity index (χ1n) is 8.16. The first-order chi connectivity index (χ1) is 12.6. The van der Waals surface area contributed by atoms with E-state index in [0.717, 1.165) is 4.90 Å². The van der Waals surface area contributed by atoms with E-state index in [1.807, 2.05) is 12.1 Å². The van der Waals surface area contributed by atoms with Crippen LogP contribution in [-0.4, -0.2) is 18.2 Å². The van der Waals surface area contributed by atoms with Gasteiger partial charge in [-0.25, -0.2) is 0 Å². The highest BCUT2D eigenvalue weighted by atomic mass is 127. The summed E-state index contributed by atoms with van der Waals surface area (Å²) in [5.41, 5.74) is 3.24. The van der Waals surface area contributed by atoms with E-state index in [0.29, 0.717) is 11.3 Å². The highest BCUT2D eigenvalue weighted by Gasteiger charge is 2.38. The minimum atomic E-state index is -1.46. The molecule has 0 saturated heterocycles. The molecule has 26 heavy (non-hydrogen) atoms. The van der Waals surface area contributed by atoms with Gasteiger partial charge in [-0.3, -0.25) is 4.79 Å². The van der Waals surface area contributed by atoms with Gasteiger partial charge in [0.05, 0.1) is 13.5 Å². The average Bonchev–Trinajstić information content (AvgIpc) is 2.92. The van der Waals surface area contributed by atoms with E-state index in [-0.39, 0.29) is 6.42 Å². The molecule has 0 radical (unpaired) electrons. The number of hydrogen-bond donors (Lipinski definition) is 1. The lowest BCUT2D eigenvalue weighted by atomic mass is 10.1. The van der Waals surface area contributed by atoms with E-state index in [1.165, 1.54) is 20.9 Å². The maximum absolute atomic E-state index is 11.3. The molecule has 5 heteroatoms. The van der Waals surface area contributed by atoms with Crippen molar-refractivity contribution >= 4 is 34.4 Å². The summed E-state index contributed by atoms with van der Waals surface area (Å²) in [7, 11) is 0.114. The lowest BCUT2D eigenvalue weighted by molar-refractivity contribution is -0.136. The van der Waals surface area contributed by atoms with Gasteiger partial charge in [-0.05, 0) is 62.7 Å². The Balaban J connectivity index is 1.96. The predicted molar refractivity (Wildman–Crippen MR) is 113 cm³/mol. The summed E-state index contributed by atoms with van der Waals surface area (Å²) < 4.78 is 5.38. The average molecular weight is 476 g/mol. The van der Waals surface area contributed by atoms with Gasteiger partial charge < -0.3 is 9.84 Å². The standard InChI is InChI=1S/C21H17IO3S/c1-25-18-11-10-15(12-14(18)13-21(23)24)26(22)19-8-4-2-6-16(19)17-7-3-5-9-20(17)26/h2-12H,13H2,1H3,(H,23,24). The van der Waals surface area contributed by atoms with Crippen LogP contribution in [0.25, 0.3) is 11.1 Å². The van der Waals surface area contributed by atoms with Crippen molar-refractivity contribution in [2.45, 2.75) is 21.1 Å². The fourth-order valence-electron chi connectivity index (χ4n) is 3.47. The normalized spacial score (nSPS) is 15.0. The second kappa shape index (κ2) is 6.63. The van der Waals surface area contributed by atoms with Crippen LogP contribution in [0.3, 0.4) is 0 Å². The van der Waals surface area contributed by atoms with Crippen molar-refractivity contribution in [3.8, 4) is 16.9 Å². The van der Waals surface area contributed by atoms with Gasteiger partial charge in [0.15, 0.2) is 0 Å². The van der Waals surface area contributed by atoms with Crippen molar-refractivity contribution in [1.29, 1.82) is 0 Å². The topological polar surface area (TPSA) is 46.5 Å². The summed E-state index contributed by atoms with van der Waals surface area (Å²) in [6.45, 7) is 0. The highest BCUT2D eigenvalue weighted by Crippen LogP contribution is 2.80. The molecule has 4 rings (SSSR count). The maximum Gasteiger partial charge on any atom is 0.307 e. The summed E-state index contributed by atoms with van der Waals surface area (Å²) in [6.07, 6.45) is -0.0491. The van der Waals surface area contributed by atoms with Crippen LogP contribution in [-0.2, 0) is 11.2 Å². The molecule has 0 aromatic heterocycles. The lowest BCUT2D eigenvalue weighted by Crippen LogP contribution is -2.03. The van der Waals surface area contributed by atoms with Gasteiger partial charge in [0, 0.05) is 20.2 Å². The van der Waals surface area contributed by atoms with Gasteiger partial charge in [0.2, 0.25) is 0 Å². The molecule has 0 amide bonds. The molecule has 3 nitrogen and oxygen atoms in total. The molecule has 0 unspecified atom stereocenters. The molecular formula is C21H17IO3S. The summed E-state index contributed by atoms with van der Waals surface area (Å²) in [6, 6.07) is 23.0. The van der Waals surface area contributed by atoms with Gasteiger partial charge in [-0.2, -0.15) is 0 Å². The first kappa shape index (κ1) is 17.4. The fourth-order valence-corrected chi connectivity index (χ4v) is 9.40. The van der Waals surface area contributed by atoms with E-state index in [4.69, 9.17) is 4.74 Å². The molecule has 132 valence electrons. The van der Waals surface area contributed by atoms with Crippen LogP contribution in [0.5, 0.6) is 5.75 Å². The second-order valence-corrected chi connectivity index (χ2v) is 12.5. The highest BCUT2D eigenvalue weighted by molar-refractivity contribution is 14.2. The fraction of sp³-hybridized carbons (Fsp3) is 0.0952. The minimum absolute atomic E-state index is 0.0491. The molecule has 0 fully saturated rings. The smallest absolute Gasteiger partial charge is 0.307 e. The Bertz CT molecular complexity index is 970. The molecule has 1 N–H and O–H groups in total. The van der Waals surface area contributed by atoms with Crippen LogP contribution >= 0.6 is 28.4 Å². The van der Waals surface area contributed by atoms with Crippen molar-refractivity contribution < 1.29 is 14.6 Å². The molecule has 0 aliphatic carbocycles. The zero-order valence-electron chi connectivity index (χ0n) is 14.1. The van der Waals surface area contributed by atoms with Gasteiger partial charge in [0.1, 0.15) is 5.75 Å². The van der Waals surface area contributed by atoms with E-state index < -0.39 is 13.2 Å². The number of aliphatic carboxylic acids is 1. The van der Waals surface area contributed by atoms with Crippen LogP contribution in [0.4, 0.5) is 0 Å². The SMILES string of the molecule is COc1ccc(S2(I)c3ccccc3-c3ccccc32)cc1CC(=O)O. The summed E-state index contributed by atoms with van der Waals surface area (Å²) >= 11 is 2.58. The van der Waals surface area contributed by atoms with Crippen molar-refractivity contribution in [1.82, 2.24) is 0 Å². The van der Waals surface area contributed by atoms with Gasteiger partial charge in [0.25, 0.3) is 0 Å². The number of benzene rings is 3. The number of carboxylic acid groups (broad SMARTS) is 1. The van der Waals surface area contributed by atoms with Crippen molar-refractivity contribution in [3.05, 3.63) is 72.3 Å². The Labute approximate surface area is 165 Å². The maximum atomic E-state index is 11.3. The van der Waals surface area contributed by atoms with Crippen molar-refractivity contribution in [2.24, 2.45) is 0 Å². The minimum Gasteiger partial charge on any atom is -0.496 e. The Morgan fingerprint density at radius 3 is 2.12 bits per heavy atom. The Morgan fingerprint density at radius 2 is 1.58 bits per heavy atom. The predicted octanol–water partition coefficient (Wildman–Crippen LogP) is 5.93. The third-order valence-corrected chi connectivity index (χ3v) is 11.8. The largest absolute Gasteiger partial charge is 0.496 e. The number of fused-ring (bicyclic) bond motifs is 3. The Kier molecular flexibility index (Phi) is 4.44. The Morgan fingerprint density at radius 1 is 1.00 bits per heavy atom. The van der Waals surface area contributed by atoms with E-state index in [9.17, 15) is 9.90 Å². The van der Waals surface area contributed by atoms with E-state index >= 15 is 0 Å². The van der Waals surface area contributed by atoms with E-state index in [2.05, 4.69) is 75.8 Å². The van der Waals surface area contributed by atoms with Crippen LogP contribution in [0, 0.1) is 0 Å². The third-order valence-electron chi connectivity index (χ3n) is 4.59. The molecule has 0 atom stereocenters. The van der Waals surface area contributed by atoms with Gasteiger partial charge in [-0.15, -0.1) is 7.20 Å². The number of halogens is 1.